The van der Waals surface area contributed by atoms with E-state index < -0.39 is 0 Å². The normalized spacial score (nSPS) is 9.65. The van der Waals surface area contributed by atoms with E-state index in [2.05, 4.69) is 27.1 Å². The molecule has 0 radical (unpaired) electrons. The molecule has 0 atom stereocenters. The molecule has 5 heteroatoms. The SMILES string of the molecule is O=C(NCCc1cnc[nH]1)c1cccc(C#CCO)c1. The largest absolute Gasteiger partial charge is 0.384 e. The minimum absolute atomic E-state index is 0.142. The first-order valence-electron chi connectivity index (χ1n) is 6.25. The number of amides is 1. The Morgan fingerprint density at radius 3 is 3.10 bits per heavy atom. The molecule has 0 fully saturated rings. The zero-order chi connectivity index (χ0) is 14.2. The average molecular weight is 269 g/mol. The van der Waals surface area contributed by atoms with Gasteiger partial charge < -0.3 is 15.4 Å². The number of nitrogens with one attached hydrogen (secondary N) is 2. The third kappa shape index (κ3) is 3.97. The van der Waals surface area contributed by atoms with Gasteiger partial charge in [0.25, 0.3) is 5.91 Å². The number of carbonyl (C=O) groups excluding carboxylic acids is 1. The van der Waals surface area contributed by atoms with Crippen molar-refractivity contribution in [1.82, 2.24) is 15.3 Å². The molecule has 0 saturated heterocycles. The Kier molecular flexibility index (Phi) is 4.93. The van der Waals surface area contributed by atoms with Crippen LogP contribution in [0.25, 0.3) is 0 Å². The molecule has 102 valence electrons. The summed E-state index contributed by atoms with van der Waals surface area (Å²) < 4.78 is 0. The lowest BCUT2D eigenvalue weighted by atomic mass is 10.1. The van der Waals surface area contributed by atoms with E-state index in [1.165, 1.54) is 0 Å². The highest BCUT2D eigenvalue weighted by Gasteiger charge is 2.05. The molecular formula is C15H15N3O2. The van der Waals surface area contributed by atoms with Gasteiger partial charge in [-0.2, -0.15) is 0 Å². The fraction of sp³-hybridized carbons (Fsp3) is 0.200. The van der Waals surface area contributed by atoms with Crippen LogP contribution in [-0.4, -0.2) is 34.1 Å². The molecule has 2 aromatic rings. The zero-order valence-corrected chi connectivity index (χ0v) is 10.9. The molecule has 3 N–H and O–H groups in total. The standard InChI is InChI=1S/C15H15N3O2/c19-8-2-4-12-3-1-5-13(9-12)15(20)17-7-6-14-10-16-11-18-14/h1,3,5,9-11,19H,6-8H2,(H,16,18)(H,17,20). The Bertz CT molecular complexity index is 624. The molecule has 1 heterocycles. The van der Waals surface area contributed by atoms with Crippen LogP contribution in [0.15, 0.2) is 36.8 Å². The third-order valence-corrected chi connectivity index (χ3v) is 2.67. The van der Waals surface area contributed by atoms with Crippen molar-refractivity contribution in [2.75, 3.05) is 13.2 Å². The minimum Gasteiger partial charge on any atom is -0.384 e. The van der Waals surface area contributed by atoms with Gasteiger partial charge in [0.2, 0.25) is 0 Å². The van der Waals surface area contributed by atoms with Crippen molar-refractivity contribution in [3.63, 3.8) is 0 Å². The van der Waals surface area contributed by atoms with Crippen LogP contribution in [0.4, 0.5) is 0 Å². The quantitative estimate of drug-likeness (QED) is 0.716. The summed E-state index contributed by atoms with van der Waals surface area (Å²) in [5.41, 5.74) is 2.24. The summed E-state index contributed by atoms with van der Waals surface area (Å²) in [4.78, 5) is 18.9. The molecule has 0 unspecified atom stereocenters. The van der Waals surface area contributed by atoms with Crippen molar-refractivity contribution in [2.24, 2.45) is 0 Å². The van der Waals surface area contributed by atoms with Crippen LogP contribution >= 0.6 is 0 Å². The predicted molar refractivity (Wildman–Crippen MR) is 75.0 cm³/mol. The second-order valence-electron chi connectivity index (χ2n) is 4.12. The number of hydrogen-bond donors (Lipinski definition) is 3. The maximum atomic E-state index is 12.0. The number of carbonyl (C=O) groups is 1. The molecule has 0 aliphatic carbocycles. The summed E-state index contributed by atoms with van der Waals surface area (Å²) >= 11 is 0. The van der Waals surface area contributed by atoms with Gasteiger partial charge >= 0.3 is 0 Å². The van der Waals surface area contributed by atoms with Crippen LogP contribution < -0.4 is 5.32 Å². The molecule has 0 spiro atoms. The van der Waals surface area contributed by atoms with Gasteiger partial charge in [0.1, 0.15) is 6.61 Å². The number of benzene rings is 1. The average Bonchev–Trinajstić information content (AvgIpc) is 2.98. The highest BCUT2D eigenvalue weighted by atomic mass is 16.2. The Labute approximate surface area is 117 Å². The van der Waals surface area contributed by atoms with E-state index in [-0.39, 0.29) is 12.5 Å². The van der Waals surface area contributed by atoms with Crippen LogP contribution in [0.1, 0.15) is 21.6 Å². The van der Waals surface area contributed by atoms with Crippen molar-refractivity contribution < 1.29 is 9.90 Å². The van der Waals surface area contributed by atoms with E-state index in [0.29, 0.717) is 24.1 Å². The van der Waals surface area contributed by atoms with Crippen molar-refractivity contribution >= 4 is 5.91 Å². The first kappa shape index (κ1) is 13.8. The van der Waals surface area contributed by atoms with E-state index in [1.54, 1.807) is 36.8 Å². The van der Waals surface area contributed by atoms with Gasteiger partial charge in [-0.25, -0.2) is 4.98 Å². The molecule has 1 aromatic heterocycles. The van der Waals surface area contributed by atoms with Gasteiger partial charge in [0.05, 0.1) is 6.33 Å². The predicted octanol–water partition coefficient (Wildman–Crippen LogP) is 0.726. The van der Waals surface area contributed by atoms with E-state index in [9.17, 15) is 4.79 Å². The second-order valence-corrected chi connectivity index (χ2v) is 4.12. The Hall–Kier alpha value is -2.58. The van der Waals surface area contributed by atoms with Gasteiger partial charge in [0, 0.05) is 36.0 Å². The fourth-order valence-corrected chi connectivity index (χ4v) is 1.71. The maximum absolute atomic E-state index is 12.0. The van der Waals surface area contributed by atoms with Crippen molar-refractivity contribution in [3.05, 3.63) is 53.6 Å². The smallest absolute Gasteiger partial charge is 0.251 e. The zero-order valence-electron chi connectivity index (χ0n) is 10.9. The first-order valence-corrected chi connectivity index (χ1v) is 6.25. The highest BCUT2D eigenvalue weighted by Crippen LogP contribution is 2.04. The number of aliphatic hydroxyl groups is 1. The second kappa shape index (κ2) is 7.12. The van der Waals surface area contributed by atoms with Crippen LogP contribution in [-0.2, 0) is 6.42 Å². The lowest BCUT2D eigenvalue weighted by Crippen LogP contribution is -2.25. The van der Waals surface area contributed by atoms with Crippen molar-refractivity contribution in [3.8, 4) is 11.8 Å². The molecule has 0 bridgehead atoms. The van der Waals surface area contributed by atoms with Crippen LogP contribution in [0.3, 0.4) is 0 Å². The molecule has 1 aromatic carbocycles. The lowest BCUT2D eigenvalue weighted by Gasteiger charge is -2.04. The summed E-state index contributed by atoms with van der Waals surface area (Å²) in [7, 11) is 0. The molecule has 2 rings (SSSR count). The number of rotatable bonds is 4. The van der Waals surface area contributed by atoms with E-state index in [4.69, 9.17) is 5.11 Å². The number of hydrogen-bond acceptors (Lipinski definition) is 3. The lowest BCUT2D eigenvalue weighted by molar-refractivity contribution is 0.0954. The Morgan fingerprint density at radius 2 is 2.35 bits per heavy atom. The van der Waals surface area contributed by atoms with E-state index >= 15 is 0 Å². The summed E-state index contributed by atoms with van der Waals surface area (Å²) in [6.45, 7) is 0.341. The van der Waals surface area contributed by atoms with Crippen LogP contribution in [0, 0.1) is 11.8 Å². The molecule has 20 heavy (non-hydrogen) atoms. The number of aliphatic hydroxyl groups excluding tert-OH is 1. The Morgan fingerprint density at radius 1 is 1.45 bits per heavy atom. The van der Waals surface area contributed by atoms with Gasteiger partial charge in [-0.15, -0.1) is 0 Å². The number of imidazole rings is 1. The number of aromatic amines is 1. The number of H-pyrrole nitrogens is 1. The monoisotopic (exact) mass is 269 g/mol. The molecule has 0 saturated carbocycles. The van der Waals surface area contributed by atoms with Gasteiger partial charge in [-0.05, 0) is 18.2 Å². The highest BCUT2D eigenvalue weighted by molar-refractivity contribution is 5.94. The molecular weight excluding hydrogens is 254 g/mol. The van der Waals surface area contributed by atoms with Gasteiger partial charge in [-0.3, -0.25) is 4.79 Å². The summed E-state index contributed by atoms with van der Waals surface area (Å²) in [5, 5.41) is 11.5. The first-order chi connectivity index (χ1) is 9.79. The number of aromatic nitrogens is 2. The van der Waals surface area contributed by atoms with Crippen LogP contribution in [0.5, 0.6) is 0 Å². The molecule has 0 aliphatic rings. The molecule has 0 aliphatic heterocycles. The summed E-state index contributed by atoms with van der Waals surface area (Å²) in [5.74, 6) is 5.19. The van der Waals surface area contributed by atoms with Crippen molar-refractivity contribution in [2.45, 2.75) is 6.42 Å². The van der Waals surface area contributed by atoms with E-state index in [1.807, 2.05) is 0 Å². The molecule has 5 nitrogen and oxygen atoms in total. The van der Waals surface area contributed by atoms with Gasteiger partial charge in [-0.1, -0.05) is 17.9 Å². The summed E-state index contributed by atoms with van der Waals surface area (Å²) in [6.07, 6.45) is 4.05. The fourth-order valence-electron chi connectivity index (χ4n) is 1.71. The third-order valence-electron chi connectivity index (χ3n) is 2.67. The maximum Gasteiger partial charge on any atom is 0.251 e. The summed E-state index contributed by atoms with van der Waals surface area (Å²) in [6, 6.07) is 7.00. The molecule has 1 amide bonds. The van der Waals surface area contributed by atoms with Crippen LogP contribution in [0.2, 0.25) is 0 Å². The van der Waals surface area contributed by atoms with Crippen molar-refractivity contribution in [1.29, 1.82) is 0 Å². The number of nitrogens with zero attached hydrogens (tertiary/aromatic N) is 1. The topological polar surface area (TPSA) is 78.0 Å². The van der Waals surface area contributed by atoms with Gasteiger partial charge in [0.15, 0.2) is 0 Å². The van der Waals surface area contributed by atoms with E-state index in [0.717, 1.165) is 5.69 Å². The minimum atomic E-state index is -0.194. The Balaban J connectivity index is 1.91.